The van der Waals surface area contributed by atoms with Gasteiger partial charge in [-0.25, -0.2) is 0 Å². The summed E-state index contributed by atoms with van der Waals surface area (Å²) in [5, 5.41) is 2.36. The van der Waals surface area contributed by atoms with Crippen LogP contribution in [0.4, 0.5) is 0 Å². The molecule has 2 heterocycles. The number of aryl methyl sites for hydroxylation is 1. The first-order valence-corrected chi connectivity index (χ1v) is 6.81. The molecular weight excluding hydrogens is 256 g/mol. The molecule has 0 spiro atoms. The van der Waals surface area contributed by atoms with E-state index in [1.54, 1.807) is 11.0 Å². The van der Waals surface area contributed by atoms with E-state index in [-0.39, 0.29) is 17.7 Å². The zero-order valence-corrected chi connectivity index (χ0v) is 11.3. The molecule has 1 aromatic rings. The summed E-state index contributed by atoms with van der Waals surface area (Å²) in [7, 11) is 0. The average molecular weight is 272 g/mol. The van der Waals surface area contributed by atoms with Crippen molar-refractivity contribution in [2.75, 3.05) is 0 Å². The van der Waals surface area contributed by atoms with E-state index in [1.807, 2.05) is 19.1 Å². The number of amides is 3. The summed E-state index contributed by atoms with van der Waals surface area (Å²) in [4.78, 5) is 37.5. The van der Waals surface area contributed by atoms with E-state index in [0.29, 0.717) is 31.4 Å². The molecule has 2 aliphatic heterocycles. The van der Waals surface area contributed by atoms with Crippen molar-refractivity contribution in [1.29, 1.82) is 0 Å². The second kappa shape index (κ2) is 4.74. The van der Waals surface area contributed by atoms with Gasteiger partial charge in [-0.05, 0) is 37.0 Å². The number of nitrogens with one attached hydrogen (secondary N) is 1. The number of carbonyl (C=O) groups excluding carboxylic acids is 3. The van der Waals surface area contributed by atoms with Crippen LogP contribution < -0.4 is 5.32 Å². The van der Waals surface area contributed by atoms with Gasteiger partial charge in [-0.2, -0.15) is 0 Å². The molecule has 0 aromatic heterocycles. The molecule has 3 rings (SSSR count). The second-order valence-electron chi connectivity index (χ2n) is 5.35. The van der Waals surface area contributed by atoms with Crippen molar-refractivity contribution < 1.29 is 14.4 Å². The molecule has 5 heteroatoms. The largest absolute Gasteiger partial charge is 0.322 e. The van der Waals surface area contributed by atoms with Crippen LogP contribution in [0.25, 0.3) is 0 Å². The SMILES string of the molecule is Cc1cccc2c1CN(C1CCCC(=O)NC1=O)C2=O. The molecule has 0 saturated carbocycles. The van der Waals surface area contributed by atoms with E-state index in [0.717, 1.165) is 11.1 Å². The summed E-state index contributed by atoms with van der Waals surface area (Å²) in [6.45, 7) is 2.42. The molecule has 0 aliphatic carbocycles. The van der Waals surface area contributed by atoms with E-state index < -0.39 is 6.04 Å². The maximum atomic E-state index is 12.4. The summed E-state index contributed by atoms with van der Waals surface area (Å²) >= 11 is 0. The van der Waals surface area contributed by atoms with Gasteiger partial charge in [0.15, 0.2) is 0 Å². The van der Waals surface area contributed by atoms with Gasteiger partial charge in [0.05, 0.1) is 0 Å². The van der Waals surface area contributed by atoms with Crippen LogP contribution in [0.15, 0.2) is 18.2 Å². The Balaban J connectivity index is 1.90. The van der Waals surface area contributed by atoms with Gasteiger partial charge >= 0.3 is 0 Å². The Hall–Kier alpha value is -2.17. The maximum absolute atomic E-state index is 12.4. The highest BCUT2D eigenvalue weighted by atomic mass is 16.2. The molecule has 1 unspecified atom stereocenters. The number of nitrogens with zero attached hydrogens (tertiary/aromatic N) is 1. The highest BCUT2D eigenvalue weighted by Gasteiger charge is 2.38. The number of fused-ring (bicyclic) bond motifs is 1. The summed E-state index contributed by atoms with van der Waals surface area (Å²) in [5.41, 5.74) is 2.72. The standard InChI is InChI=1S/C15H16N2O3/c1-9-4-2-5-10-11(9)8-17(15(10)20)12-6-3-7-13(18)16-14(12)19/h2,4-5,12H,3,6-8H2,1H3,(H,16,18,19). The van der Waals surface area contributed by atoms with E-state index in [9.17, 15) is 14.4 Å². The van der Waals surface area contributed by atoms with Gasteiger partial charge in [0, 0.05) is 18.5 Å². The monoisotopic (exact) mass is 272 g/mol. The number of rotatable bonds is 1. The molecule has 1 saturated heterocycles. The van der Waals surface area contributed by atoms with Crippen molar-refractivity contribution in [3.8, 4) is 0 Å². The van der Waals surface area contributed by atoms with Crippen LogP contribution in [0.2, 0.25) is 0 Å². The van der Waals surface area contributed by atoms with Crippen LogP contribution in [0, 0.1) is 6.92 Å². The van der Waals surface area contributed by atoms with Crippen LogP contribution in [0.1, 0.15) is 40.7 Å². The van der Waals surface area contributed by atoms with E-state index in [4.69, 9.17) is 0 Å². The van der Waals surface area contributed by atoms with Crippen LogP contribution in [-0.2, 0) is 16.1 Å². The molecule has 0 radical (unpaired) electrons. The average Bonchev–Trinajstić information content (AvgIpc) is 2.64. The van der Waals surface area contributed by atoms with Crippen molar-refractivity contribution in [2.45, 2.75) is 38.8 Å². The lowest BCUT2D eigenvalue weighted by molar-refractivity contribution is -0.132. The van der Waals surface area contributed by atoms with Gasteiger partial charge in [0.1, 0.15) is 6.04 Å². The quantitative estimate of drug-likeness (QED) is 0.780. The Morgan fingerprint density at radius 1 is 1.25 bits per heavy atom. The summed E-state index contributed by atoms with van der Waals surface area (Å²) in [6, 6.07) is 5.07. The lowest BCUT2D eigenvalue weighted by Crippen LogP contribution is -2.46. The summed E-state index contributed by atoms with van der Waals surface area (Å²) in [5.74, 6) is -0.720. The molecule has 3 amide bonds. The predicted molar refractivity (Wildman–Crippen MR) is 71.8 cm³/mol. The van der Waals surface area contributed by atoms with Crippen molar-refractivity contribution in [2.24, 2.45) is 0 Å². The first-order valence-electron chi connectivity index (χ1n) is 6.81. The molecule has 1 aromatic carbocycles. The molecule has 1 atom stereocenters. The zero-order chi connectivity index (χ0) is 14.3. The fraction of sp³-hybridized carbons (Fsp3) is 0.400. The van der Waals surface area contributed by atoms with Crippen LogP contribution in [0.3, 0.4) is 0 Å². The third kappa shape index (κ3) is 1.99. The zero-order valence-electron chi connectivity index (χ0n) is 11.3. The molecule has 20 heavy (non-hydrogen) atoms. The lowest BCUT2D eigenvalue weighted by Gasteiger charge is -2.24. The van der Waals surface area contributed by atoms with Gasteiger partial charge in [-0.1, -0.05) is 12.1 Å². The minimum absolute atomic E-state index is 0.113. The number of carbonyl (C=O) groups is 3. The Kier molecular flexibility index (Phi) is 3.04. The number of hydrogen-bond acceptors (Lipinski definition) is 3. The van der Waals surface area contributed by atoms with Crippen LogP contribution >= 0.6 is 0 Å². The fourth-order valence-corrected chi connectivity index (χ4v) is 2.93. The lowest BCUT2D eigenvalue weighted by atomic mass is 10.1. The van der Waals surface area contributed by atoms with Gasteiger partial charge in [-0.3, -0.25) is 19.7 Å². The second-order valence-corrected chi connectivity index (χ2v) is 5.35. The third-order valence-corrected chi connectivity index (χ3v) is 4.05. The number of benzene rings is 1. The molecule has 2 aliphatic rings. The predicted octanol–water partition coefficient (Wildman–Crippen LogP) is 1.15. The van der Waals surface area contributed by atoms with E-state index >= 15 is 0 Å². The molecule has 1 N–H and O–H groups in total. The number of hydrogen-bond donors (Lipinski definition) is 1. The van der Waals surface area contributed by atoms with Crippen molar-refractivity contribution in [3.63, 3.8) is 0 Å². The highest BCUT2D eigenvalue weighted by Crippen LogP contribution is 2.29. The first-order chi connectivity index (χ1) is 9.58. The Bertz CT molecular complexity index is 609. The van der Waals surface area contributed by atoms with Gasteiger partial charge in [0.25, 0.3) is 5.91 Å². The summed E-state index contributed by atoms with van der Waals surface area (Å²) in [6.07, 6.45) is 1.51. The normalized spacial score (nSPS) is 22.6. The smallest absolute Gasteiger partial charge is 0.255 e. The number of imide groups is 1. The maximum Gasteiger partial charge on any atom is 0.255 e. The Morgan fingerprint density at radius 3 is 2.80 bits per heavy atom. The molecular formula is C15H16N2O3. The van der Waals surface area contributed by atoms with Gasteiger partial charge < -0.3 is 4.90 Å². The fourth-order valence-electron chi connectivity index (χ4n) is 2.93. The minimum Gasteiger partial charge on any atom is -0.322 e. The van der Waals surface area contributed by atoms with Crippen molar-refractivity contribution in [3.05, 3.63) is 34.9 Å². The highest BCUT2D eigenvalue weighted by molar-refractivity contribution is 6.04. The van der Waals surface area contributed by atoms with Gasteiger partial charge in [-0.15, -0.1) is 0 Å². The molecule has 1 fully saturated rings. The first kappa shape index (κ1) is 12.8. The molecule has 0 bridgehead atoms. The third-order valence-electron chi connectivity index (χ3n) is 4.05. The Labute approximate surface area is 116 Å². The Morgan fingerprint density at radius 2 is 2.05 bits per heavy atom. The molecule has 5 nitrogen and oxygen atoms in total. The van der Waals surface area contributed by atoms with Gasteiger partial charge in [0.2, 0.25) is 11.8 Å². The van der Waals surface area contributed by atoms with Crippen molar-refractivity contribution >= 4 is 17.7 Å². The topological polar surface area (TPSA) is 66.5 Å². The van der Waals surface area contributed by atoms with E-state index in [1.165, 1.54) is 0 Å². The van der Waals surface area contributed by atoms with Crippen molar-refractivity contribution in [1.82, 2.24) is 10.2 Å². The minimum atomic E-state index is -0.541. The van der Waals surface area contributed by atoms with Crippen LogP contribution in [-0.4, -0.2) is 28.7 Å². The van der Waals surface area contributed by atoms with Crippen LogP contribution in [0.5, 0.6) is 0 Å². The van der Waals surface area contributed by atoms with E-state index in [2.05, 4.69) is 5.32 Å². The summed E-state index contributed by atoms with van der Waals surface area (Å²) < 4.78 is 0. The molecule has 104 valence electrons.